The molecule has 0 heterocycles. The Morgan fingerprint density at radius 2 is 2.00 bits per heavy atom. The summed E-state index contributed by atoms with van der Waals surface area (Å²) in [6.07, 6.45) is 1.20. The van der Waals surface area contributed by atoms with Gasteiger partial charge in [-0.15, -0.1) is 0 Å². The van der Waals surface area contributed by atoms with Gasteiger partial charge in [0.15, 0.2) is 0 Å². The molecule has 3 N–H and O–H groups in total. The Morgan fingerprint density at radius 3 is 2.53 bits per heavy atom. The maximum absolute atomic E-state index is 11.5. The molecule has 1 rings (SSSR count). The molecule has 0 fully saturated rings. The highest BCUT2D eigenvalue weighted by Crippen LogP contribution is 2.09. The molecule has 1 atom stereocenters. The molecular weight excluding hydrogens is 188 g/mol. The molecule has 0 saturated carbocycles. The van der Waals surface area contributed by atoms with Crippen molar-refractivity contribution in [3.63, 3.8) is 0 Å². The highest BCUT2D eigenvalue weighted by molar-refractivity contribution is 5.91. The maximum atomic E-state index is 11.5. The molecule has 0 bridgehead atoms. The second-order valence-corrected chi connectivity index (χ2v) is 3.79. The van der Waals surface area contributed by atoms with Crippen molar-refractivity contribution >= 4 is 11.6 Å². The number of carbonyl (C=O) groups excluding carboxylic acids is 1. The smallest absolute Gasteiger partial charge is 0.225 e. The van der Waals surface area contributed by atoms with Gasteiger partial charge < -0.3 is 11.1 Å². The highest BCUT2D eigenvalue weighted by atomic mass is 16.1. The predicted molar refractivity (Wildman–Crippen MR) is 62.7 cm³/mol. The Bertz CT molecular complexity index is 319. The van der Waals surface area contributed by atoms with Crippen LogP contribution in [0.25, 0.3) is 0 Å². The number of nitrogens with two attached hydrogens (primary N) is 1. The normalized spacial score (nSPS) is 12.2. The molecule has 0 aliphatic rings. The molecule has 3 nitrogen and oxygen atoms in total. The van der Waals surface area contributed by atoms with Crippen LogP contribution in [0.2, 0.25) is 0 Å². The van der Waals surface area contributed by atoms with Crippen molar-refractivity contribution in [3.8, 4) is 0 Å². The molecule has 1 aromatic rings. The van der Waals surface area contributed by atoms with Crippen LogP contribution in [0.5, 0.6) is 0 Å². The SMILES string of the molecule is CCC(N)CC(=O)Nc1ccc(C)cc1. The lowest BCUT2D eigenvalue weighted by Gasteiger charge is -2.09. The Morgan fingerprint density at radius 1 is 1.40 bits per heavy atom. The number of aryl methyl sites for hydroxylation is 1. The van der Waals surface area contributed by atoms with E-state index in [9.17, 15) is 4.79 Å². The minimum absolute atomic E-state index is 0.0202. The molecule has 15 heavy (non-hydrogen) atoms. The molecule has 3 heteroatoms. The van der Waals surface area contributed by atoms with Gasteiger partial charge in [-0.2, -0.15) is 0 Å². The van der Waals surface area contributed by atoms with E-state index in [1.54, 1.807) is 0 Å². The fourth-order valence-corrected chi connectivity index (χ4v) is 1.23. The van der Waals surface area contributed by atoms with E-state index in [4.69, 9.17) is 5.73 Å². The van der Waals surface area contributed by atoms with Crippen molar-refractivity contribution in [2.75, 3.05) is 5.32 Å². The number of benzene rings is 1. The number of nitrogens with one attached hydrogen (secondary N) is 1. The van der Waals surface area contributed by atoms with Crippen molar-refractivity contribution in [1.29, 1.82) is 0 Å². The molecule has 1 aromatic carbocycles. The summed E-state index contributed by atoms with van der Waals surface area (Å²) in [5.41, 5.74) is 7.70. The van der Waals surface area contributed by atoms with Gasteiger partial charge in [0.2, 0.25) is 5.91 Å². The van der Waals surface area contributed by atoms with E-state index >= 15 is 0 Å². The Labute approximate surface area is 90.7 Å². The molecule has 1 amide bonds. The zero-order chi connectivity index (χ0) is 11.3. The number of amides is 1. The zero-order valence-corrected chi connectivity index (χ0v) is 9.29. The predicted octanol–water partition coefficient (Wildman–Crippen LogP) is 2.06. The Balaban J connectivity index is 2.48. The third-order valence-electron chi connectivity index (χ3n) is 2.31. The van der Waals surface area contributed by atoms with E-state index in [1.807, 2.05) is 38.1 Å². The van der Waals surface area contributed by atoms with E-state index in [1.165, 1.54) is 5.56 Å². The molecule has 0 aromatic heterocycles. The molecule has 0 saturated heterocycles. The molecular formula is C12H18N2O. The van der Waals surface area contributed by atoms with Gasteiger partial charge in [0, 0.05) is 18.2 Å². The topological polar surface area (TPSA) is 55.1 Å². The first kappa shape index (κ1) is 11.7. The number of carbonyl (C=O) groups is 1. The van der Waals surface area contributed by atoms with Crippen LogP contribution in [-0.2, 0) is 4.79 Å². The van der Waals surface area contributed by atoms with Crippen molar-refractivity contribution in [2.45, 2.75) is 32.7 Å². The average molecular weight is 206 g/mol. The summed E-state index contributed by atoms with van der Waals surface area (Å²) in [6.45, 7) is 3.99. The van der Waals surface area contributed by atoms with Gasteiger partial charge in [-0.1, -0.05) is 24.6 Å². The quantitative estimate of drug-likeness (QED) is 0.792. The summed E-state index contributed by atoms with van der Waals surface area (Å²) >= 11 is 0. The maximum Gasteiger partial charge on any atom is 0.225 e. The van der Waals surface area contributed by atoms with E-state index in [-0.39, 0.29) is 11.9 Å². The molecule has 82 valence electrons. The molecule has 0 spiro atoms. The van der Waals surface area contributed by atoms with Gasteiger partial charge >= 0.3 is 0 Å². The Hall–Kier alpha value is -1.35. The van der Waals surface area contributed by atoms with Gasteiger partial charge in [0.05, 0.1) is 0 Å². The molecule has 0 aliphatic heterocycles. The van der Waals surface area contributed by atoms with Gasteiger partial charge in [-0.05, 0) is 25.5 Å². The summed E-state index contributed by atoms with van der Waals surface area (Å²) in [5.74, 6) is -0.0202. The van der Waals surface area contributed by atoms with Crippen molar-refractivity contribution in [3.05, 3.63) is 29.8 Å². The fraction of sp³-hybridized carbons (Fsp3) is 0.417. The number of hydrogen-bond acceptors (Lipinski definition) is 2. The van der Waals surface area contributed by atoms with Crippen LogP contribution in [0, 0.1) is 6.92 Å². The van der Waals surface area contributed by atoms with Crippen molar-refractivity contribution in [1.82, 2.24) is 0 Å². The van der Waals surface area contributed by atoms with E-state index in [0.717, 1.165) is 12.1 Å². The number of hydrogen-bond donors (Lipinski definition) is 2. The van der Waals surface area contributed by atoms with Crippen LogP contribution in [-0.4, -0.2) is 11.9 Å². The summed E-state index contributed by atoms with van der Waals surface area (Å²) in [6, 6.07) is 7.68. The van der Waals surface area contributed by atoms with Crippen LogP contribution in [0.15, 0.2) is 24.3 Å². The van der Waals surface area contributed by atoms with Gasteiger partial charge in [-0.25, -0.2) is 0 Å². The first-order valence-corrected chi connectivity index (χ1v) is 5.24. The lowest BCUT2D eigenvalue weighted by atomic mass is 10.1. The van der Waals surface area contributed by atoms with Gasteiger partial charge in [0.1, 0.15) is 0 Å². The van der Waals surface area contributed by atoms with Crippen LogP contribution in [0.3, 0.4) is 0 Å². The van der Waals surface area contributed by atoms with Gasteiger partial charge in [-0.3, -0.25) is 4.79 Å². The third kappa shape index (κ3) is 4.13. The van der Waals surface area contributed by atoms with Crippen LogP contribution in [0.4, 0.5) is 5.69 Å². The third-order valence-corrected chi connectivity index (χ3v) is 2.31. The molecule has 1 unspecified atom stereocenters. The summed E-state index contributed by atoms with van der Waals surface area (Å²) in [7, 11) is 0. The second kappa shape index (κ2) is 5.51. The lowest BCUT2D eigenvalue weighted by Crippen LogP contribution is -2.26. The van der Waals surface area contributed by atoms with Crippen LogP contribution >= 0.6 is 0 Å². The van der Waals surface area contributed by atoms with E-state index < -0.39 is 0 Å². The number of anilines is 1. The average Bonchev–Trinajstić information content (AvgIpc) is 2.21. The van der Waals surface area contributed by atoms with Crippen LogP contribution < -0.4 is 11.1 Å². The second-order valence-electron chi connectivity index (χ2n) is 3.79. The van der Waals surface area contributed by atoms with Gasteiger partial charge in [0.25, 0.3) is 0 Å². The van der Waals surface area contributed by atoms with Crippen molar-refractivity contribution < 1.29 is 4.79 Å². The van der Waals surface area contributed by atoms with E-state index in [2.05, 4.69) is 5.32 Å². The first-order valence-electron chi connectivity index (χ1n) is 5.24. The Kier molecular flexibility index (Phi) is 4.31. The standard InChI is InChI=1S/C12H18N2O/c1-3-10(13)8-12(15)14-11-6-4-9(2)5-7-11/h4-7,10H,3,8,13H2,1-2H3,(H,14,15). The van der Waals surface area contributed by atoms with Crippen LogP contribution in [0.1, 0.15) is 25.3 Å². The fourth-order valence-electron chi connectivity index (χ4n) is 1.23. The summed E-state index contributed by atoms with van der Waals surface area (Å²) in [4.78, 5) is 11.5. The lowest BCUT2D eigenvalue weighted by molar-refractivity contribution is -0.116. The largest absolute Gasteiger partial charge is 0.327 e. The summed E-state index contributed by atoms with van der Waals surface area (Å²) < 4.78 is 0. The van der Waals surface area contributed by atoms with E-state index in [0.29, 0.717) is 6.42 Å². The number of rotatable bonds is 4. The zero-order valence-electron chi connectivity index (χ0n) is 9.29. The first-order chi connectivity index (χ1) is 7.11. The molecule has 0 radical (unpaired) electrons. The minimum atomic E-state index is -0.0459. The summed E-state index contributed by atoms with van der Waals surface area (Å²) in [5, 5.41) is 2.82. The minimum Gasteiger partial charge on any atom is -0.327 e. The van der Waals surface area contributed by atoms with Crippen molar-refractivity contribution in [2.24, 2.45) is 5.73 Å². The molecule has 0 aliphatic carbocycles. The highest BCUT2D eigenvalue weighted by Gasteiger charge is 2.07. The monoisotopic (exact) mass is 206 g/mol.